The first-order valence-corrected chi connectivity index (χ1v) is 21.6. The molecular weight excluding hydrogens is 757 g/mol. The van der Waals surface area contributed by atoms with Crippen molar-refractivity contribution >= 4 is 50.2 Å². The summed E-state index contributed by atoms with van der Waals surface area (Å²) in [6, 6.07) is 87.7. The molecule has 288 valence electrons. The molecule has 61 heavy (non-hydrogen) atoms. The summed E-state index contributed by atoms with van der Waals surface area (Å²) in [6.07, 6.45) is 0. The molecule has 0 saturated heterocycles. The highest BCUT2D eigenvalue weighted by Gasteiger charge is 2.17. The minimum Gasteiger partial charge on any atom is -0.311 e. The third-order valence-electron chi connectivity index (χ3n) is 11.6. The highest BCUT2D eigenvalue weighted by Crippen LogP contribution is 2.41. The number of para-hydroxylation sites is 1. The van der Waals surface area contributed by atoms with E-state index >= 15 is 0 Å². The first-order valence-electron chi connectivity index (χ1n) is 20.7. The van der Waals surface area contributed by atoms with Gasteiger partial charge in [0.2, 0.25) is 0 Å². The van der Waals surface area contributed by atoms with Crippen LogP contribution in [0.2, 0.25) is 0 Å². The number of anilines is 3. The Kier molecular flexibility index (Phi) is 9.42. The Bertz CT molecular complexity index is 3170. The molecule has 0 atom stereocenters. The molecule has 0 N–H and O–H groups in total. The van der Waals surface area contributed by atoms with Gasteiger partial charge in [-0.3, -0.25) is 0 Å². The van der Waals surface area contributed by atoms with Crippen LogP contribution in [-0.4, -0.2) is 4.57 Å². The third-order valence-corrected chi connectivity index (χ3v) is 12.8. The van der Waals surface area contributed by atoms with E-state index in [4.69, 9.17) is 0 Å². The fourth-order valence-electron chi connectivity index (χ4n) is 8.60. The largest absolute Gasteiger partial charge is 0.311 e. The smallest absolute Gasteiger partial charge is 0.0541 e. The average Bonchev–Trinajstić information content (AvgIpc) is 3.97. The molecule has 0 radical (unpaired) electrons. The summed E-state index contributed by atoms with van der Waals surface area (Å²) >= 11 is 1.84. The van der Waals surface area contributed by atoms with Gasteiger partial charge in [-0.1, -0.05) is 164 Å². The Hall–Kier alpha value is -7.72. The van der Waals surface area contributed by atoms with E-state index in [9.17, 15) is 0 Å². The zero-order chi connectivity index (χ0) is 40.5. The van der Waals surface area contributed by atoms with E-state index in [1.165, 1.54) is 76.1 Å². The van der Waals surface area contributed by atoms with E-state index in [0.717, 1.165) is 22.7 Å². The van der Waals surface area contributed by atoms with Crippen molar-refractivity contribution in [1.82, 2.24) is 4.57 Å². The standard InChI is InChI=1S/C58H40N2S/c1-4-13-41(14-5-1)43-23-30-49(31-24-43)59(50-32-25-44(26-33-50)42-15-6-2-7-16-42)51-34-27-45(28-35-51)47-29-36-56-54(40-47)53-21-10-11-22-55(53)60(56)52-20-12-19-48(39-52)58-38-37-57(61-58)46-17-8-3-9-18-46/h1-40H. The van der Waals surface area contributed by atoms with Crippen LogP contribution in [0.15, 0.2) is 243 Å². The van der Waals surface area contributed by atoms with Crippen LogP contribution in [0.3, 0.4) is 0 Å². The van der Waals surface area contributed by atoms with Crippen LogP contribution in [0.5, 0.6) is 0 Å². The molecule has 9 aromatic carbocycles. The number of hydrogen-bond donors (Lipinski definition) is 0. The molecule has 2 aromatic heterocycles. The van der Waals surface area contributed by atoms with E-state index in [0.29, 0.717) is 0 Å². The van der Waals surface area contributed by atoms with Crippen LogP contribution in [0.1, 0.15) is 0 Å². The van der Waals surface area contributed by atoms with Gasteiger partial charge in [0.1, 0.15) is 0 Å². The molecule has 0 amide bonds. The summed E-state index contributed by atoms with van der Waals surface area (Å²) in [6.45, 7) is 0. The molecule has 0 spiro atoms. The maximum atomic E-state index is 2.41. The second kappa shape index (κ2) is 15.8. The molecule has 0 unspecified atom stereocenters. The zero-order valence-electron chi connectivity index (χ0n) is 33.4. The van der Waals surface area contributed by atoms with Crippen molar-refractivity contribution in [3.05, 3.63) is 243 Å². The van der Waals surface area contributed by atoms with Crippen molar-refractivity contribution in [3.63, 3.8) is 0 Å². The maximum absolute atomic E-state index is 2.41. The van der Waals surface area contributed by atoms with Gasteiger partial charge in [0, 0.05) is 43.3 Å². The van der Waals surface area contributed by atoms with Crippen LogP contribution in [0.4, 0.5) is 17.1 Å². The summed E-state index contributed by atoms with van der Waals surface area (Å²) in [5.74, 6) is 0. The average molecular weight is 797 g/mol. The van der Waals surface area contributed by atoms with Gasteiger partial charge in [-0.05, 0) is 123 Å². The Labute approximate surface area is 360 Å². The third kappa shape index (κ3) is 7.01. The molecule has 0 bridgehead atoms. The molecular formula is C58H40N2S. The molecule has 0 fully saturated rings. The lowest BCUT2D eigenvalue weighted by atomic mass is 10.0. The lowest BCUT2D eigenvalue weighted by Gasteiger charge is -2.26. The van der Waals surface area contributed by atoms with Crippen LogP contribution in [0.25, 0.3) is 81.8 Å². The van der Waals surface area contributed by atoms with Gasteiger partial charge in [-0.15, -0.1) is 11.3 Å². The predicted octanol–water partition coefficient (Wildman–Crippen LogP) is 16.6. The number of benzene rings is 9. The number of aromatic nitrogens is 1. The minimum absolute atomic E-state index is 1.10. The number of hydrogen-bond acceptors (Lipinski definition) is 2. The van der Waals surface area contributed by atoms with Crippen molar-refractivity contribution in [3.8, 4) is 59.9 Å². The number of fused-ring (bicyclic) bond motifs is 3. The molecule has 0 aliphatic heterocycles. The normalized spacial score (nSPS) is 11.3. The summed E-state index contributed by atoms with van der Waals surface area (Å²) in [7, 11) is 0. The highest BCUT2D eigenvalue weighted by atomic mass is 32.1. The van der Waals surface area contributed by atoms with Crippen molar-refractivity contribution in [2.45, 2.75) is 0 Å². The summed E-state index contributed by atoms with van der Waals surface area (Å²) < 4.78 is 2.41. The topological polar surface area (TPSA) is 8.17 Å². The maximum Gasteiger partial charge on any atom is 0.0541 e. The van der Waals surface area contributed by atoms with Gasteiger partial charge in [0.05, 0.1) is 11.0 Å². The van der Waals surface area contributed by atoms with E-state index in [1.807, 2.05) is 11.3 Å². The van der Waals surface area contributed by atoms with E-state index in [-0.39, 0.29) is 0 Å². The lowest BCUT2D eigenvalue weighted by molar-refractivity contribution is 1.18. The van der Waals surface area contributed by atoms with Crippen molar-refractivity contribution < 1.29 is 0 Å². The Balaban J connectivity index is 0.943. The van der Waals surface area contributed by atoms with Crippen LogP contribution in [0, 0.1) is 0 Å². The minimum atomic E-state index is 1.10. The van der Waals surface area contributed by atoms with Gasteiger partial charge in [0.15, 0.2) is 0 Å². The van der Waals surface area contributed by atoms with Crippen LogP contribution in [-0.2, 0) is 0 Å². The van der Waals surface area contributed by atoms with Crippen LogP contribution < -0.4 is 4.90 Å². The van der Waals surface area contributed by atoms with Gasteiger partial charge < -0.3 is 9.47 Å². The van der Waals surface area contributed by atoms with Gasteiger partial charge in [0.25, 0.3) is 0 Å². The van der Waals surface area contributed by atoms with Crippen molar-refractivity contribution in [2.24, 2.45) is 0 Å². The van der Waals surface area contributed by atoms with E-state index in [2.05, 4.69) is 252 Å². The molecule has 0 aliphatic rings. The van der Waals surface area contributed by atoms with E-state index in [1.54, 1.807) is 0 Å². The summed E-state index contributed by atoms with van der Waals surface area (Å²) in [4.78, 5) is 4.89. The SMILES string of the molecule is c1ccc(-c2ccc(N(c3ccc(-c4ccccc4)cc3)c3ccc(-c4ccc5c(c4)c4ccccc4n5-c4cccc(-c5ccc(-c6ccccc6)s5)c4)cc3)cc2)cc1. The number of thiophene rings is 1. The monoisotopic (exact) mass is 796 g/mol. The summed E-state index contributed by atoms with van der Waals surface area (Å²) in [5.41, 5.74) is 16.5. The fourth-order valence-corrected chi connectivity index (χ4v) is 9.60. The Morgan fingerprint density at radius 2 is 0.705 bits per heavy atom. The Morgan fingerprint density at radius 1 is 0.279 bits per heavy atom. The lowest BCUT2D eigenvalue weighted by Crippen LogP contribution is -2.09. The molecule has 2 heterocycles. The second-order valence-corrected chi connectivity index (χ2v) is 16.5. The molecule has 0 saturated carbocycles. The highest BCUT2D eigenvalue weighted by molar-refractivity contribution is 7.18. The molecule has 11 aromatic rings. The quantitative estimate of drug-likeness (QED) is 0.141. The fraction of sp³-hybridized carbons (Fsp3) is 0. The first-order chi connectivity index (χ1) is 30.2. The first kappa shape index (κ1) is 36.4. The molecule has 11 rings (SSSR count). The molecule has 3 heteroatoms. The zero-order valence-corrected chi connectivity index (χ0v) is 34.2. The van der Waals surface area contributed by atoms with Crippen molar-refractivity contribution in [2.75, 3.05) is 4.90 Å². The van der Waals surface area contributed by atoms with Gasteiger partial charge in [-0.25, -0.2) is 0 Å². The predicted molar refractivity (Wildman–Crippen MR) is 261 cm³/mol. The Morgan fingerprint density at radius 3 is 1.28 bits per heavy atom. The molecule has 2 nitrogen and oxygen atoms in total. The molecule has 0 aliphatic carbocycles. The van der Waals surface area contributed by atoms with Crippen LogP contribution >= 0.6 is 11.3 Å². The van der Waals surface area contributed by atoms with Gasteiger partial charge in [-0.2, -0.15) is 0 Å². The summed E-state index contributed by atoms with van der Waals surface area (Å²) in [5, 5.41) is 2.48. The second-order valence-electron chi connectivity index (χ2n) is 15.4. The van der Waals surface area contributed by atoms with E-state index < -0.39 is 0 Å². The number of nitrogens with zero attached hydrogens (tertiary/aromatic N) is 2. The van der Waals surface area contributed by atoms with Crippen molar-refractivity contribution in [1.29, 1.82) is 0 Å². The van der Waals surface area contributed by atoms with Gasteiger partial charge >= 0.3 is 0 Å². The number of rotatable bonds is 9.